The average molecular weight is 540 g/mol. The quantitative estimate of drug-likeness (QED) is 0.223. The van der Waals surface area contributed by atoms with Gasteiger partial charge in [-0.2, -0.15) is 10.4 Å². The number of carbonyl (C=O) groups is 1. The highest BCUT2D eigenvalue weighted by Gasteiger charge is 2.25. The molecule has 2 heterocycles. The van der Waals surface area contributed by atoms with Crippen LogP contribution in [0.5, 0.6) is 0 Å². The predicted octanol–water partition coefficient (Wildman–Crippen LogP) is 4.92. The van der Waals surface area contributed by atoms with Crippen LogP contribution in [0.1, 0.15) is 24.1 Å². The summed E-state index contributed by atoms with van der Waals surface area (Å²) in [7, 11) is 1.60. The van der Waals surface area contributed by atoms with Crippen LogP contribution in [-0.4, -0.2) is 45.7 Å². The number of methoxy groups -OCH3 is 1. The number of benzene rings is 2. The molecular weight excluding hydrogens is 515 g/mol. The van der Waals surface area contributed by atoms with Gasteiger partial charge in [0.25, 0.3) is 0 Å². The first-order valence-electron chi connectivity index (χ1n) is 11.7. The molecule has 10 nitrogen and oxygen atoms in total. The predicted molar refractivity (Wildman–Crippen MR) is 137 cm³/mol. The normalized spacial score (nSPS) is 12.5. The number of halogens is 3. The van der Waals surface area contributed by atoms with Crippen LogP contribution >= 0.6 is 0 Å². The van der Waals surface area contributed by atoms with Gasteiger partial charge >= 0.3 is 6.09 Å². The van der Waals surface area contributed by atoms with E-state index in [2.05, 4.69) is 26.0 Å². The maximum absolute atomic E-state index is 15.0. The first kappa shape index (κ1) is 27.2. The molecule has 2 atom stereocenters. The summed E-state index contributed by atoms with van der Waals surface area (Å²) in [4.78, 5) is 15.5. The van der Waals surface area contributed by atoms with Crippen LogP contribution in [0.4, 0.5) is 35.3 Å². The van der Waals surface area contributed by atoms with Gasteiger partial charge in [0.15, 0.2) is 17.5 Å². The molecule has 0 spiro atoms. The Bertz CT molecular complexity index is 1530. The monoisotopic (exact) mass is 539 g/mol. The second-order valence-electron chi connectivity index (χ2n) is 8.65. The molecule has 4 aromatic rings. The molecule has 0 fully saturated rings. The SMILES string of the molecule is COCCn1ncc2cc(Nc3nc(N[C@@H](c4cc(F)cc(F)c4)[C@H](C)NC(=O)O)c(F)cc3C#N)ccc21. The molecule has 0 aliphatic heterocycles. The first-order chi connectivity index (χ1) is 18.7. The van der Waals surface area contributed by atoms with Gasteiger partial charge in [-0.1, -0.05) is 0 Å². The van der Waals surface area contributed by atoms with E-state index in [0.29, 0.717) is 24.9 Å². The smallest absolute Gasteiger partial charge is 0.404 e. The number of rotatable bonds is 10. The molecule has 39 heavy (non-hydrogen) atoms. The molecule has 0 saturated carbocycles. The molecule has 0 aliphatic rings. The van der Waals surface area contributed by atoms with Crippen LogP contribution in [0.25, 0.3) is 10.9 Å². The van der Waals surface area contributed by atoms with E-state index >= 15 is 4.39 Å². The number of hydrogen-bond acceptors (Lipinski definition) is 7. The van der Waals surface area contributed by atoms with Crippen molar-refractivity contribution < 1.29 is 27.8 Å². The van der Waals surface area contributed by atoms with Crippen molar-refractivity contribution in [3.05, 3.63) is 77.2 Å². The van der Waals surface area contributed by atoms with Gasteiger partial charge in [0, 0.05) is 24.2 Å². The molecule has 0 aliphatic carbocycles. The Labute approximate surface area is 221 Å². The molecule has 4 rings (SSSR count). The van der Waals surface area contributed by atoms with E-state index in [-0.39, 0.29) is 22.8 Å². The number of aromatic nitrogens is 3. The molecule has 202 valence electrons. The Morgan fingerprint density at radius 2 is 1.90 bits per heavy atom. The van der Waals surface area contributed by atoms with Crippen LogP contribution in [0, 0.1) is 28.8 Å². The topological polar surface area (TPSA) is 137 Å². The second-order valence-corrected chi connectivity index (χ2v) is 8.65. The number of carboxylic acid groups (broad SMARTS) is 1. The number of anilines is 3. The van der Waals surface area contributed by atoms with Crippen LogP contribution in [0.15, 0.2) is 48.7 Å². The number of nitriles is 1. The van der Waals surface area contributed by atoms with E-state index < -0.39 is 35.6 Å². The highest BCUT2D eigenvalue weighted by Crippen LogP contribution is 2.29. The van der Waals surface area contributed by atoms with Crippen molar-refractivity contribution in [2.45, 2.75) is 25.6 Å². The van der Waals surface area contributed by atoms with Gasteiger partial charge in [0.2, 0.25) is 0 Å². The maximum Gasteiger partial charge on any atom is 0.404 e. The molecule has 0 bridgehead atoms. The Balaban J connectivity index is 1.68. The van der Waals surface area contributed by atoms with Crippen LogP contribution in [0.2, 0.25) is 0 Å². The van der Waals surface area contributed by atoms with Gasteiger partial charge in [-0.05, 0) is 48.9 Å². The Morgan fingerprint density at radius 1 is 1.15 bits per heavy atom. The lowest BCUT2D eigenvalue weighted by molar-refractivity contribution is 0.185. The molecule has 0 unspecified atom stereocenters. The Hall–Kier alpha value is -4.83. The maximum atomic E-state index is 15.0. The standard InChI is InChI=1S/C26H24F3N7O3/c1-14(32-26(37)38)23(15-7-18(27)11-19(28)8-15)34-25-21(29)10-16(12-30)24(35-25)33-20-3-4-22-17(9-20)13-31-36(22)5-6-39-2/h3-4,7-11,13-14,23,32H,5-6H2,1-2H3,(H,37,38)(H2,33,34,35)/t14-,23+/m0/s1. The minimum atomic E-state index is -1.39. The molecule has 1 amide bonds. The minimum Gasteiger partial charge on any atom is -0.465 e. The zero-order chi connectivity index (χ0) is 28.1. The average Bonchev–Trinajstić information content (AvgIpc) is 3.28. The summed E-state index contributed by atoms with van der Waals surface area (Å²) in [5.41, 5.74) is 1.32. The summed E-state index contributed by atoms with van der Waals surface area (Å²) in [6.07, 6.45) is 0.286. The molecule has 0 saturated heterocycles. The summed E-state index contributed by atoms with van der Waals surface area (Å²) < 4.78 is 49.8. The van der Waals surface area contributed by atoms with Gasteiger partial charge in [-0.25, -0.2) is 22.9 Å². The molecule has 2 aromatic heterocycles. The van der Waals surface area contributed by atoms with Gasteiger partial charge in [0.1, 0.15) is 17.7 Å². The third kappa shape index (κ3) is 6.36. The lowest BCUT2D eigenvalue weighted by atomic mass is 10.00. The summed E-state index contributed by atoms with van der Waals surface area (Å²) in [6.45, 7) is 2.49. The van der Waals surface area contributed by atoms with E-state index in [0.717, 1.165) is 29.1 Å². The van der Waals surface area contributed by atoms with E-state index in [1.165, 1.54) is 6.92 Å². The highest BCUT2D eigenvalue weighted by molar-refractivity contribution is 5.83. The zero-order valence-electron chi connectivity index (χ0n) is 20.9. The molecule has 13 heteroatoms. The van der Waals surface area contributed by atoms with Gasteiger partial charge < -0.3 is 25.8 Å². The third-order valence-corrected chi connectivity index (χ3v) is 5.90. The number of nitrogens with one attached hydrogen (secondary N) is 3. The van der Waals surface area contributed by atoms with Crippen molar-refractivity contribution in [2.24, 2.45) is 0 Å². The van der Waals surface area contributed by atoms with Gasteiger partial charge in [-0.3, -0.25) is 4.68 Å². The van der Waals surface area contributed by atoms with Crippen LogP contribution in [-0.2, 0) is 11.3 Å². The molecule has 2 aromatic carbocycles. The molecule has 4 N–H and O–H groups in total. The minimum absolute atomic E-state index is 0.00976. The fourth-order valence-electron chi connectivity index (χ4n) is 4.11. The zero-order valence-corrected chi connectivity index (χ0v) is 20.9. The van der Waals surface area contributed by atoms with Gasteiger partial charge in [0.05, 0.1) is 42.5 Å². The lowest BCUT2D eigenvalue weighted by Gasteiger charge is -2.26. The Morgan fingerprint density at radius 3 is 2.56 bits per heavy atom. The first-order valence-corrected chi connectivity index (χ1v) is 11.7. The second kappa shape index (κ2) is 11.7. The summed E-state index contributed by atoms with van der Waals surface area (Å²) in [5.74, 6) is -3.06. The van der Waals surface area contributed by atoms with Crippen molar-refractivity contribution in [1.82, 2.24) is 20.1 Å². The van der Waals surface area contributed by atoms with Crippen LogP contribution in [0.3, 0.4) is 0 Å². The Kier molecular flexibility index (Phi) is 8.16. The van der Waals surface area contributed by atoms with Gasteiger partial charge in [-0.15, -0.1) is 0 Å². The van der Waals surface area contributed by atoms with Crippen molar-refractivity contribution in [3.63, 3.8) is 0 Å². The largest absolute Gasteiger partial charge is 0.465 e. The summed E-state index contributed by atoms with van der Waals surface area (Å²) in [5, 5.41) is 31.8. The van der Waals surface area contributed by atoms with Crippen molar-refractivity contribution in [1.29, 1.82) is 5.26 Å². The van der Waals surface area contributed by atoms with Crippen molar-refractivity contribution >= 4 is 34.3 Å². The van der Waals surface area contributed by atoms with E-state index in [1.807, 2.05) is 12.1 Å². The number of hydrogen-bond donors (Lipinski definition) is 4. The van der Waals surface area contributed by atoms with E-state index in [4.69, 9.17) is 4.74 Å². The number of pyridine rings is 1. The van der Waals surface area contributed by atoms with Crippen molar-refractivity contribution in [2.75, 3.05) is 24.4 Å². The van der Waals surface area contributed by atoms with Crippen LogP contribution < -0.4 is 16.0 Å². The number of nitrogens with zero attached hydrogens (tertiary/aromatic N) is 4. The molecule has 0 radical (unpaired) electrons. The van der Waals surface area contributed by atoms with E-state index in [9.17, 15) is 23.9 Å². The fraction of sp³-hybridized carbons (Fsp3) is 0.231. The molecular formula is C26H24F3N7O3. The van der Waals surface area contributed by atoms with E-state index in [1.54, 1.807) is 30.1 Å². The fourth-order valence-corrected chi connectivity index (χ4v) is 4.11. The lowest BCUT2D eigenvalue weighted by Crippen LogP contribution is -2.39. The summed E-state index contributed by atoms with van der Waals surface area (Å²) in [6, 6.07) is 8.77. The third-order valence-electron chi connectivity index (χ3n) is 5.90. The number of fused-ring (bicyclic) bond motifs is 1. The summed E-state index contributed by atoms with van der Waals surface area (Å²) >= 11 is 0. The number of ether oxygens (including phenoxy) is 1. The highest BCUT2D eigenvalue weighted by atomic mass is 19.1. The number of amides is 1. The van der Waals surface area contributed by atoms with Crippen molar-refractivity contribution in [3.8, 4) is 6.07 Å².